The quantitative estimate of drug-likeness (QED) is 0.857. The highest BCUT2D eigenvalue weighted by atomic mass is 16.5. The molecular formula is C18H19NO4. The lowest BCUT2D eigenvalue weighted by Crippen LogP contribution is -2.12. The van der Waals surface area contributed by atoms with E-state index in [-0.39, 0.29) is 18.9 Å². The lowest BCUT2D eigenvalue weighted by molar-refractivity contribution is -0.137. The lowest BCUT2D eigenvalue weighted by Gasteiger charge is -2.10. The number of rotatable bonds is 6. The van der Waals surface area contributed by atoms with E-state index in [4.69, 9.17) is 9.84 Å². The number of amides is 1. The Morgan fingerprint density at radius 1 is 1.09 bits per heavy atom. The molecule has 5 nitrogen and oxygen atoms in total. The van der Waals surface area contributed by atoms with E-state index in [0.29, 0.717) is 11.3 Å². The minimum Gasteiger partial charge on any atom is -0.493 e. The molecule has 2 rings (SSSR count). The van der Waals surface area contributed by atoms with Crippen molar-refractivity contribution in [3.8, 4) is 5.75 Å². The smallest absolute Gasteiger partial charge is 0.306 e. The van der Waals surface area contributed by atoms with Gasteiger partial charge in [0.15, 0.2) is 0 Å². The van der Waals surface area contributed by atoms with Crippen LogP contribution in [0.2, 0.25) is 0 Å². The number of aliphatic carboxylic acids is 1. The fraction of sp³-hybridized carbons (Fsp3) is 0.222. The zero-order valence-corrected chi connectivity index (χ0v) is 13.1. The Bertz CT molecular complexity index is 707. The van der Waals surface area contributed by atoms with E-state index in [1.54, 1.807) is 24.3 Å². The summed E-state index contributed by atoms with van der Waals surface area (Å²) >= 11 is 0. The first-order valence-corrected chi connectivity index (χ1v) is 7.29. The minimum absolute atomic E-state index is 0.0606. The minimum atomic E-state index is -0.908. The monoisotopic (exact) mass is 313 g/mol. The fourth-order valence-corrected chi connectivity index (χ4v) is 2.11. The SMILES string of the molecule is Cc1ccc(NC(=O)c2ccc(OCCC(=O)O)cc2)c(C)c1. The summed E-state index contributed by atoms with van der Waals surface area (Å²) < 4.78 is 5.29. The van der Waals surface area contributed by atoms with Crippen molar-refractivity contribution in [2.75, 3.05) is 11.9 Å². The van der Waals surface area contributed by atoms with E-state index in [9.17, 15) is 9.59 Å². The lowest BCUT2D eigenvalue weighted by atomic mass is 10.1. The third-order valence-corrected chi connectivity index (χ3v) is 3.33. The second-order valence-corrected chi connectivity index (χ2v) is 5.29. The number of aryl methyl sites for hydroxylation is 2. The van der Waals surface area contributed by atoms with E-state index < -0.39 is 5.97 Å². The van der Waals surface area contributed by atoms with E-state index >= 15 is 0 Å². The molecule has 2 aromatic rings. The van der Waals surface area contributed by atoms with Crippen LogP contribution in [0.1, 0.15) is 27.9 Å². The van der Waals surface area contributed by atoms with Gasteiger partial charge in [0, 0.05) is 11.3 Å². The average molecular weight is 313 g/mol. The van der Waals surface area contributed by atoms with Gasteiger partial charge in [-0.1, -0.05) is 17.7 Å². The van der Waals surface area contributed by atoms with Crippen molar-refractivity contribution in [2.45, 2.75) is 20.3 Å². The molecule has 0 saturated heterocycles. The second-order valence-electron chi connectivity index (χ2n) is 5.29. The molecule has 0 radical (unpaired) electrons. The van der Waals surface area contributed by atoms with Crippen molar-refractivity contribution in [3.63, 3.8) is 0 Å². The summed E-state index contributed by atoms with van der Waals surface area (Å²) in [6.07, 6.45) is -0.0606. The average Bonchev–Trinajstić information content (AvgIpc) is 2.50. The molecule has 0 heterocycles. The topological polar surface area (TPSA) is 75.6 Å². The van der Waals surface area contributed by atoms with Crippen LogP contribution in [-0.4, -0.2) is 23.6 Å². The summed E-state index contributed by atoms with van der Waals surface area (Å²) in [5.41, 5.74) is 3.44. The first kappa shape index (κ1) is 16.5. The Labute approximate surface area is 134 Å². The number of carbonyl (C=O) groups is 2. The molecule has 1 amide bonds. The van der Waals surface area contributed by atoms with Crippen LogP contribution in [0.3, 0.4) is 0 Å². The first-order chi connectivity index (χ1) is 11.0. The number of benzene rings is 2. The van der Waals surface area contributed by atoms with Crippen LogP contribution < -0.4 is 10.1 Å². The van der Waals surface area contributed by atoms with Gasteiger partial charge in [-0.15, -0.1) is 0 Å². The molecule has 0 fully saturated rings. The molecule has 23 heavy (non-hydrogen) atoms. The number of carboxylic acid groups (broad SMARTS) is 1. The standard InChI is InChI=1S/C18H19NO4/c1-12-3-8-16(13(2)11-12)19-18(22)14-4-6-15(7-5-14)23-10-9-17(20)21/h3-8,11H,9-10H2,1-2H3,(H,19,22)(H,20,21). The number of hydrogen-bond acceptors (Lipinski definition) is 3. The van der Waals surface area contributed by atoms with Gasteiger partial charge in [-0.05, 0) is 49.7 Å². The number of anilines is 1. The Hall–Kier alpha value is -2.82. The molecule has 0 bridgehead atoms. The van der Waals surface area contributed by atoms with Crippen LogP contribution >= 0.6 is 0 Å². The predicted octanol–water partition coefficient (Wildman–Crippen LogP) is 3.41. The maximum atomic E-state index is 12.2. The van der Waals surface area contributed by atoms with Gasteiger partial charge in [0.25, 0.3) is 5.91 Å². The van der Waals surface area contributed by atoms with Crippen LogP contribution in [0, 0.1) is 13.8 Å². The van der Waals surface area contributed by atoms with Gasteiger partial charge in [-0.25, -0.2) is 0 Å². The summed E-state index contributed by atoms with van der Waals surface area (Å²) in [6, 6.07) is 12.4. The highest BCUT2D eigenvalue weighted by molar-refractivity contribution is 6.04. The van der Waals surface area contributed by atoms with Crippen molar-refractivity contribution in [1.29, 1.82) is 0 Å². The van der Waals surface area contributed by atoms with Crippen molar-refractivity contribution >= 4 is 17.6 Å². The summed E-state index contributed by atoms with van der Waals surface area (Å²) in [5.74, 6) is -0.571. The summed E-state index contributed by atoms with van der Waals surface area (Å²) in [6.45, 7) is 4.05. The predicted molar refractivity (Wildman–Crippen MR) is 88.1 cm³/mol. The Morgan fingerprint density at radius 3 is 2.39 bits per heavy atom. The van der Waals surface area contributed by atoms with E-state index in [1.165, 1.54) is 0 Å². The van der Waals surface area contributed by atoms with Crippen LogP contribution in [0.5, 0.6) is 5.75 Å². The number of ether oxygens (including phenoxy) is 1. The van der Waals surface area contributed by atoms with Crippen molar-refractivity contribution in [2.24, 2.45) is 0 Å². The molecular weight excluding hydrogens is 294 g/mol. The van der Waals surface area contributed by atoms with Crippen molar-refractivity contribution in [3.05, 3.63) is 59.2 Å². The number of nitrogens with one attached hydrogen (secondary N) is 1. The molecule has 2 aromatic carbocycles. The molecule has 0 atom stereocenters. The van der Waals surface area contributed by atoms with Crippen LogP contribution in [0.15, 0.2) is 42.5 Å². The van der Waals surface area contributed by atoms with Gasteiger partial charge in [0.2, 0.25) is 0 Å². The van der Waals surface area contributed by atoms with E-state index in [1.807, 2.05) is 32.0 Å². The van der Waals surface area contributed by atoms with Crippen LogP contribution in [0.25, 0.3) is 0 Å². The zero-order valence-electron chi connectivity index (χ0n) is 13.1. The Balaban J connectivity index is 1.98. The van der Waals surface area contributed by atoms with E-state index in [2.05, 4.69) is 5.32 Å². The highest BCUT2D eigenvalue weighted by Gasteiger charge is 2.08. The van der Waals surface area contributed by atoms with Gasteiger partial charge in [-0.3, -0.25) is 9.59 Å². The molecule has 0 aliphatic carbocycles. The molecule has 0 unspecified atom stereocenters. The molecule has 0 spiro atoms. The largest absolute Gasteiger partial charge is 0.493 e. The Kier molecular flexibility index (Phi) is 5.36. The molecule has 0 aromatic heterocycles. The third kappa shape index (κ3) is 4.85. The first-order valence-electron chi connectivity index (χ1n) is 7.29. The van der Waals surface area contributed by atoms with Crippen LogP contribution in [0.4, 0.5) is 5.69 Å². The normalized spacial score (nSPS) is 10.2. The molecule has 0 aliphatic rings. The highest BCUT2D eigenvalue weighted by Crippen LogP contribution is 2.18. The number of carboxylic acids is 1. The summed E-state index contributed by atoms with van der Waals surface area (Å²) in [7, 11) is 0. The molecule has 0 aliphatic heterocycles. The zero-order chi connectivity index (χ0) is 16.8. The second kappa shape index (κ2) is 7.45. The van der Waals surface area contributed by atoms with Gasteiger partial charge < -0.3 is 15.2 Å². The molecule has 2 N–H and O–H groups in total. The van der Waals surface area contributed by atoms with Crippen molar-refractivity contribution < 1.29 is 19.4 Å². The van der Waals surface area contributed by atoms with Gasteiger partial charge >= 0.3 is 5.97 Å². The van der Waals surface area contributed by atoms with Gasteiger partial charge in [0.05, 0.1) is 13.0 Å². The number of carbonyl (C=O) groups excluding carboxylic acids is 1. The summed E-state index contributed by atoms with van der Waals surface area (Å²) in [5, 5.41) is 11.4. The molecule has 120 valence electrons. The maximum absolute atomic E-state index is 12.2. The summed E-state index contributed by atoms with van der Waals surface area (Å²) in [4.78, 5) is 22.7. The number of hydrogen-bond donors (Lipinski definition) is 2. The maximum Gasteiger partial charge on any atom is 0.306 e. The van der Waals surface area contributed by atoms with Gasteiger partial charge in [0.1, 0.15) is 5.75 Å². The fourth-order valence-electron chi connectivity index (χ4n) is 2.11. The molecule has 5 heteroatoms. The van der Waals surface area contributed by atoms with Gasteiger partial charge in [-0.2, -0.15) is 0 Å². The van der Waals surface area contributed by atoms with Crippen molar-refractivity contribution in [1.82, 2.24) is 0 Å². The van der Waals surface area contributed by atoms with E-state index in [0.717, 1.165) is 16.8 Å². The third-order valence-electron chi connectivity index (χ3n) is 3.33. The Morgan fingerprint density at radius 2 is 1.78 bits per heavy atom. The van der Waals surface area contributed by atoms with Crippen LogP contribution in [-0.2, 0) is 4.79 Å². The molecule has 0 saturated carbocycles.